The molecule has 1 amide bonds. The zero-order valence-corrected chi connectivity index (χ0v) is 12.7. The maximum Gasteiger partial charge on any atom is 0.230 e. The van der Waals surface area contributed by atoms with Crippen LogP contribution in [0, 0.1) is 11.8 Å². The van der Waals surface area contributed by atoms with Crippen LogP contribution in [0.5, 0.6) is 5.75 Å². The van der Waals surface area contributed by atoms with E-state index in [1.165, 1.54) is 0 Å². The zero-order valence-electron chi connectivity index (χ0n) is 12.7. The zero-order chi connectivity index (χ0) is 15.6. The van der Waals surface area contributed by atoms with Crippen LogP contribution < -0.4 is 15.0 Å². The number of benzene rings is 1. The van der Waals surface area contributed by atoms with E-state index >= 15 is 0 Å². The van der Waals surface area contributed by atoms with Crippen molar-refractivity contribution in [2.24, 2.45) is 0 Å². The molecule has 0 bridgehead atoms. The molecule has 1 aromatic carbocycles. The predicted octanol–water partition coefficient (Wildman–Crippen LogP) is 0.898. The normalized spacial score (nSPS) is 20.3. The number of carbonyl (C=O) groups excluding carboxylic acids is 1. The molecular weight excluding hydrogens is 280 g/mol. The van der Waals surface area contributed by atoms with E-state index in [0.29, 0.717) is 31.6 Å². The van der Waals surface area contributed by atoms with Crippen molar-refractivity contribution in [2.45, 2.75) is 24.9 Å². The highest BCUT2D eigenvalue weighted by atomic mass is 16.5. The Morgan fingerprint density at radius 1 is 1.36 bits per heavy atom. The van der Waals surface area contributed by atoms with Gasteiger partial charge in [0, 0.05) is 12.6 Å². The van der Waals surface area contributed by atoms with Gasteiger partial charge in [-0.25, -0.2) is 0 Å². The first kappa shape index (κ1) is 14.9. The Bertz CT molecular complexity index is 639. The Kier molecular flexibility index (Phi) is 4.06. The lowest BCUT2D eigenvalue weighted by molar-refractivity contribution is -0.118. The van der Waals surface area contributed by atoms with Gasteiger partial charge in [-0.1, -0.05) is 11.8 Å². The molecule has 0 atom stereocenters. The fraction of sp³-hybridized carbons (Fsp3) is 0.471. The Hall–Kier alpha value is -2.03. The van der Waals surface area contributed by atoms with Gasteiger partial charge in [-0.3, -0.25) is 4.79 Å². The van der Waals surface area contributed by atoms with Crippen LogP contribution in [0.3, 0.4) is 0 Å². The van der Waals surface area contributed by atoms with E-state index in [4.69, 9.17) is 4.74 Å². The standard InChI is InChI=1S/C17H20N2O3/c1-19-14-12-13(2-3-15(14)22-11-5-16(19)20)4-6-17(21)7-9-18-10-8-17/h2-3,12,18,21H,5,7-11H2,1H3. The van der Waals surface area contributed by atoms with E-state index in [2.05, 4.69) is 17.2 Å². The number of nitrogens with zero attached hydrogens (tertiary/aromatic N) is 1. The minimum atomic E-state index is -0.920. The van der Waals surface area contributed by atoms with E-state index in [1.54, 1.807) is 11.9 Å². The van der Waals surface area contributed by atoms with Crippen LogP contribution in [0.15, 0.2) is 18.2 Å². The third kappa shape index (κ3) is 3.08. The molecule has 2 aliphatic rings. The molecule has 3 rings (SSSR count). The predicted molar refractivity (Wildman–Crippen MR) is 83.9 cm³/mol. The first-order chi connectivity index (χ1) is 10.6. The highest BCUT2D eigenvalue weighted by molar-refractivity contribution is 5.95. The van der Waals surface area contributed by atoms with E-state index in [1.807, 2.05) is 18.2 Å². The number of piperidine rings is 1. The van der Waals surface area contributed by atoms with Gasteiger partial charge in [-0.05, 0) is 44.1 Å². The van der Waals surface area contributed by atoms with E-state index in [9.17, 15) is 9.90 Å². The number of fused-ring (bicyclic) bond motifs is 1. The molecule has 0 aromatic heterocycles. The Morgan fingerprint density at radius 3 is 2.91 bits per heavy atom. The summed E-state index contributed by atoms with van der Waals surface area (Å²) in [5, 5.41) is 13.6. The topological polar surface area (TPSA) is 61.8 Å². The van der Waals surface area contributed by atoms with E-state index < -0.39 is 5.60 Å². The second-order valence-corrected chi connectivity index (χ2v) is 5.77. The molecule has 0 unspecified atom stereocenters. The lowest BCUT2D eigenvalue weighted by Gasteiger charge is -2.27. The van der Waals surface area contributed by atoms with Crippen LogP contribution in [0.4, 0.5) is 5.69 Å². The summed E-state index contributed by atoms with van der Waals surface area (Å²) in [4.78, 5) is 13.5. The Morgan fingerprint density at radius 2 is 2.14 bits per heavy atom. The SMILES string of the molecule is CN1C(=O)CCOc2ccc(C#CC3(O)CCNCC3)cc21. The molecule has 1 fully saturated rings. The van der Waals surface area contributed by atoms with Crippen molar-refractivity contribution in [1.82, 2.24) is 5.32 Å². The molecule has 1 saturated heterocycles. The van der Waals surface area contributed by atoms with Crippen LogP contribution in [0.1, 0.15) is 24.8 Å². The summed E-state index contributed by atoms with van der Waals surface area (Å²) in [5.74, 6) is 6.75. The van der Waals surface area contributed by atoms with Crippen LogP contribution in [-0.2, 0) is 4.79 Å². The molecule has 5 heteroatoms. The second kappa shape index (κ2) is 5.99. The van der Waals surface area contributed by atoms with Crippen LogP contribution in [-0.4, -0.2) is 43.4 Å². The molecule has 0 aliphatic carbocycles. The van der Waals surface area contributed by atoms with Gasteiger partial charge in [0.25, 0.3) is 0 Å². The first-order valence-electron chi connectivity index (χ1n) is 7.57. The van der Waals surface area contributed by atoms with Gasteiger partial charge in [0.1, 0.15) is 11.4 Å². The molecule has 0 saturated carbocycles. The minimum Gasteiger partial charge on any atom is -0.491 e. The summed E-state index contributed by atoms with van der Waals surface area (Å²) >= 11 is 0. The average Bonchev–Trinajstić information content (AvgIpc) is 2.66. The second-order valence-electron chi connectivity index (χ2n) is 5.77. The molecule has 0 radical (unpaired) electrons. The molecule has 116 valence electrons. The summed E-state index contributed by atoms with van der Waals surface area (Å²) in [6.45, 7) is 1.95. The van der Waals surface area contributed by atoms with Gasteiger partial charge < -0.3 is 20.1 Å². The molecule has 2 N–H and O–H groups in total. The van der Waals surface area contributed by atoms with E-state index in [-0.39, 0.29) is 5.91 Å². The summed E-state index contributed by atoms with van der Waals surface area (Å²) in [6.07, 6.45) is 1.64. The lowest BCUT2D eigenvalue weighted by atomic mass is 9.93. The average molecular weight is 300 g/mol. The quantitative estimate of drug-likeness (QED) is 0.699. The van der Waals surface area contributed by atoms with Gasteiger partial charge in [0.15, 0.2) is 0 Å². The number of amides is 1. The molecule has 22 heavy (non-hydrogen) atoms. The highest BCUT2D eigenvalue weighted by Gasteiger charge is 2.26. The van der Waals surface area contributed by atoms with Crippen molar-refractivity contribution in [3.05, 3.63) is 23.8 Å². The Labute approximate surface area is 130 Å². The van der Waals surface area contributed by atoms with Crippen molar-refractivity contribution in [2.75, 3.05) is 31.6 Å². The summed E-state index contributed by atoms with van der Waals surface area (Å²) in [5.41, 5.74) is 0.582. The number of nitrogens with one attached hydrogen (secondary N) is 1. The smallest absolute Gasteiger partial charge is 0.230 e. The molecule has 2 heterocycles. The number of ether oxygens (including phenoxy) is 1. The fourth-order valence-corrected chi connectivity index (χ4v) is 2.68. The van der Waals surface area contributed by atoms with Crippen molar-refractivity contribution in [3.8, 4) is 17.6 Å². The van der Waals surface area contributed by atoms with Gasteiger partial charge >= 0.3 is 0 Å². The maximum absolute atomic E-state index is 11.9. The fourth-order valence-electron chi connectivity index (χ4n) is 2.68. The molecule has 0 spiro atoms. The number of rotatable bonds is 0. The molecular formula is C17H20N2O3. The Balaban J connectivity index is 1.87. The number of hydrogen-bond donors (Lipinski definition) is 2. The van der Waals surface area contributed by atoms with Gasteiger partial charge in [-0.15, -0.1) is 0 Å². The number of anilines is 1. The largest absolute Gasteiger partial charge is 0.491 e. The summed E-state index contributed by atoms with van der Waals surface area (Å²) in [7, 11) is 1.74. The third-order valence-corrected chi connectivity index (χ3v) is 4.14. The van der Waals surface area contributed by atoms with Crippen LogP contribution in [0.25, 0.3) is 0 Å². The van der Waals surface area contributed by atoms with Crippen LogP contribution >= 0.6 is 0 Å². The molecule has 2 aliphatic heterocycles. The third-order valence-electron chi connectivity index (χ3n) is 4.14. The van der Waals surface area contributed by atoms with Gasteiger partial charge in [0.05, 0.1) is 18.7 Å². The van der Waals surface area contributed by atoms with Gasteiger partial charge in [-0.2, -0.15) is 0 Å². The van der Waals surface area contributed by atoms with Crippen molar-refractivity contribution in [3.63, 3.8) is 0 Å². The van der Waals surface area contributed by atoms with E-state index in [0.717, 1.165) is 24.3 Å². The highest BCUT2D eigenvalue weighted by Crippen LogP contribution is 2.31. The van der Waals surface area contributed by atoms with Crippen molar-refractivity contribution in [1.29, 1.82) is 0 Å². The number of carbonyl (C=O) groups is 1. The van der Waals surface area contributed by atoms with Crippen molar-refractivity contribution >= 4 is 11.6 Å². The van der Waals surface area contributed by atoms with Crippen molar-refractivity contribution < 1.29 is 14.6 Å². The van der Waals surface area contributed by atoms with Crippen LogP contribution in [0.2, 0.25) is 0 Å². The van der Waals surface area contributed by atoms with Gasteiger partial charge in [0.2, 0.25) is 5.91 Å². The first-order valence-corrected chi connectivity index (χ1v) is 7.57. The number of hydrogen-bond acceptors (Lipinski definition) is 4. The summed E-state index contributed by atoms with van der Waals surface area (Å²) in [6, 6.07) is 5.54. The minimum absolute atomic E-state index is 0.0286. The molecule has 1 aromatic rings. The lowest BCUT2D eigenvalue weighted by Crippen LogP contribution is -2.40. The monoisotopic (exact) mass is 300 g/mol. The molecule has 5 nitrogen and oxygen atoms in total. The number of aliphatic hydroxyl groups is 1. The maximum atomic E-state index is 11.9. The summed E-state index contributed by atoms with van der Waals surface area (Å²) < 4.78 is 5.59.